The van der Waals surface area contributed by atoms with Crippen LogP contribution >= 0.6 is 0 Å². The second-order valence-electron chi connectivity index (χ2n) is 8.76. The van der Waals surface area contributed by atoms with Gasteiger partial charge in [-0.3, -0.25) is 9.59 Å². The molecule has 0 bridgehead atoms. The molecular formula is C26H32O6. The average molecular weight is 441 g/mol. The van der Waals surface area contributed by atoms with Crippen molar-refractivity contribution in [2.45, 2.75) is 45.4 Å². The van der Waals surface area contributed by atoms with Crippen LogP contribution in [0.3, 0.4) is 0 Å². The van der Waals surface area contributed by atoms with Gasteiger partial charge in [-0.1, -0.05) is 29.8 Å². The maximum Gasteiger partial charge on any atom is 0.310 e. The summed E-state index contributed by atoms with van der Waals surface area (Å²) in [5.74, 6) is -0.0417. The van der Waals surface area contributed by atoms with E-state index in [1.165, 1.54) is 5.56 Å². The highest BCUT2D eigenvalue weighted by molar-refractivity contribution is 5.99. The number of aryl methyl sites for hydroxylation is 1. The lowest BCUT2D eigenvalue weighted by atomic mass is 9.67. The van der Waals surface area contributed by atoms with E-state index in [4.69, 9.17) is 9.47 Å². The highest BCUT2D eigenvalue weighted by Gasteiger charge is 2.43. The van der Waals surface area contributed by atoms with Crippen molar-refractivity contribution in [2.24, 2.45) is 11.3 Å². The SMILES string of the molecule is COc1ccc(C(=O)CC2(C(=O)O)CCC(CO)CC2)cc1OCCc1cccc(C)c1. The van der Waals surface area contributed by atoms with Gasteiger partial charge < -0.3 is 19.7 Å². The molecule has 2 aromatic rings. The minimum atomic E-state index is -1.07. The topological polar surface area (TPSA) is 93.1 Å². The molecule has 2 N–H and O–H groups in total. The van der Waals surface area contributed by atoms with Crippen LogP contribution in [0.25, 0.3) is 0 Å². The summed E-state index contributed by atoms with van der Waals surface area (Å²) in [6, 6.07) is 13.2. The molecule has 1 aliphatic carbocycles. The molecule has 32 heavy (non-hydrogen) atoms. The molecule has 6 nitrogen and oxygen atoms in total. The number of rotatable bonds is 10. The van der Waals surface area contributed by atoms with Crippen LogP contribution in [0.15, 0.2) is 42.5 Å². The smallest absolute Gasteiger partial charge is 0.310 e. The molecule has 0 unspecified atom stereocenters. The predicted molar refractivity (Wildman–Crippen MR) is 121 cm³/mol. The molecule has 0 atom stereocenters. The Kier molecular flexibility index (Phi) is 7.91. The van der Waals surface area contributed by atoms with Crippen molar-refractivity contribution < 1.29 is 29.3 Å². The number of ketones is 1. The fourth-order valence-corrected chi connectivity index (χ4v) is 4.40. The van der Waals surface area contributed by atoms with Gasteiger partial charge in [0.05, 0.1) is 19.1 Å². The Hall–Kier alpha value is -2.86. The number of ether oxygens (including phenoxy) is 2. The summed E-state index contributed by atoms with van der Waals surface area (Å²) in [6.07, 6.45) is 2.69. The summed E-state index contributed by atoms with van der Waals surface area (Å²) in [4.78, 5) is 25.1. The van der Waals surface area contributed by atoms with Crippen LogP contribution in [-0.2, 0) is 11.2 Å². The molecule has 0 saturated heterocycles. The van der Waals surface area contributed by atoms with E-state index in [1.807, 2.05) is 25.1 Å². The first-order valence-corrected chi connectivity index (χ1v) is 11.1. The van der Waals surface area contributed by atoms with Crippen molar-refractivity contribution >= 4 is 11.8 Å². The molecule has 0 radical (unpaired) electrons. The van der Waals surface area contributed by atoms with Gasteiger partial charge in [0.2, 0.25) is 0 Å². The van der Waals surface area contributed by atoms with Crippen molar-refractivity contribution in [2.75, 3.05) is 20.3 Å². The zero-order valence-corrected chi connectivity index (χ0v) is 18.8. The summed E-state index contributed by atoms with van der Waals surface area (Å²) < 4.78 is 11.3. The van der Waals surface area contributed by atoms with Crippen LogP contribution in [0.5, 0.6) is 11.5 Å². The number of Topliss-reactive ketones (excluding diaryl/α,β-unsaturated/α-hetero) is 1. The number of carboxylic acids is 1. The molecule has 0 aromatic heterocycles. The van der Waals surface area contributed by atoms with Gasteiger partial charge in [0.15, 0.2) is 17.3 Å². The third-order valence-corrected chi connectivity index (χ3v) is 6.49. The predicted octanol–water partition coefficient (Wildman–Crippen LogP) is 4.45. The molecule has 0 spiro atoms. The number of hydrogen-bond donors (Lipinski definition) is 2. The number of methoxy groups -OCH3 is 1. The number of hydrogen-bond acceptors (Lipinski definition) is 5. The second kappa shape index (κ2) is 10.6. The van der Waals surface area contributed by atoms with Crippen LogP contribution < -0.4 is 9.47 Å². The first kappa shape index (κ1) is 23.8. The fourth-order valence-electron chi connectivity index (χ4n) is 4.40. The van der Waals surface area contributed by atoms with Crippen molar-refractivity contribution in [3.8, 4) is 11.5 Å². The molecule has 1 fully saturated rings. The number of benzene rings is 2. The largest absolute Gasteiger partial charge is 0.493 e. The number of aliphatic hydroxyl groups is 1. The summed E-state index contributed by atoms with van der Waals surface area (Å²) in [5.41, 5.74) is 1.70. The maximum absolute atomic E-state index is 13.0. The third-order valence-electron chi connectivity index (χ3n) is 6.49. The Morgan fingerprint density at radius 1 is 1.09 bits per heavy atom. The molecule has 0 heterocycles. The van der Waals surface area contributed by atoms with Crippen molar-refractivity contribution in [1.82, 2.24) is 0 Å². The summed E-state index contributed by atoms with van der Waals surface area (Å²) in [6.45, 7) is 2.53. The van der Waals surface area contributed by atoms with E-state index in [-0.39, 0.29) is 24.7 Å². The van der Waals surface area contributed by atoms with E-state index < -0.39 is 11.4 Å². The first-order chi connectivity index (χ1) is 15.4. The van der Waals surface area contributed by atoms with Crippen LogP contribution in [0.2, 0.25) is 0 Å². The van der Waals surface area contributed by atoms with Crippen molar-refractivity contribution in [3.05, 3.63) is 59.2 Å². The quantitative estimate of drug-likeness (QED) is 0.530. The Bertz CT molecular complexity index is 943. The fraction of sp³-hybridized carbons (Fsp3) is 0.462. The number of carbonyl (C=O) groups excluding carboxylic acids is 1. The standard InChI is InChI=1S/C26H32O6/c1-18-4-3-5-19(14-18)10-13-32-24-15-21(6-7-23(24)31-2)22(28)16-26(25(29)30)11-8-20(17-27)9-12-26/h3-7,14-15,20,27H,8-13,16-17H2,1-2H3,(H,29,30). The van der Waals surface area contributed by atoms with E-state index >= 15 is 0 Å². The lowest BCUT2D eigenvalue weighted by Crippen LogP contribution is -2.38. The third kappa shape index (κ3) is 5.68. The van der Waals surface area contributed by atoms with Gasteiger partial charge in [-0.2, -0.15) is 0 Å². The number of aliphatic hydroxyl groups excluding tert-OH is 1. The average Bonchev–Trinajstić information content (AvgIpc) is 2.79. The number of carbonyl (C=O) groups is 2. The van der Waals surface area contributed by atoms with E-state index in [2.05, 4.69) is 6.07 Å². The molecule has 0 aliphatic heterocycles. The molecule has 3 rings (SSSR count). The number of carboxylic acid groups (broad SMARTS) is 1. The minimum absolute atomic E-state index is 0.0600. The molecule has 1 aliphatic rings. The molecule has 2 aromatic carbocycles. The van der Waals surface area contributed by atoms with E-state index in [1.54, 1.807) is 25.3 Å². The van der Waals surface area contributed by atoms with Gasteiger partial charge in [-0.05, 0) is 62.3 Å². The molecule has 1 saturated carbocycles. The minimum Gasteiger partial charge on any atom is -0.493 e. The first-order valence-electron chi connectivity index (χ1n) is 11.1. The van der Waals surface area contributed by atoms with E-state index in [0.717, 1.165) is 12.0 Å². The van der Waals surface area contributed by atoms with Crippen LogP contribution in [0.1, 0.15) is 53.6 Å². The summed E-state index contributed by atoms with van der Waals surface area (Å²) in [5, 5.41) is 19.2. The Morgan fingerprint density at radius 2 is 1.84 bits per heavy atom. The zero-order chi connectivity index (χ0) is 23.1. The Morgan fingerprint density at radius 3 is 2.47 bits per heavy atom. The van der Waals surface area contributed by atoms with Gasteiger partial charge in [0, 0.05) is 25.0 Å². The Labute approximate surface area is 189 Å². The van der Waals surface area contributed by atoms with Gasteiger partial charge in [0.25, 0.3) is 0 Å². The highest BCUT2D eigenvalue weighted by Crippen LogP contribution is 2.43. The van der Waals surface area contributed by atoms with Gasteiger partial charge >= 0.3 is 5.97 Å². The van der Waals surface area contributed by atoms with Gasteiger partial charge in [-0.15, -0.1) is 0 Å². The van der Waals surface area contributed by atoms with Crippen molar-refractivity contribution in [3.63, 3.8) is 0 Å². The zero-order valence-electron chi connectivity index (χ0n) is 18.8. The van der Waals surface area contributed by atoms with Crippen LogP contribution in [0, 0.1) is 18.3 Å². The monoisotopic (exact) mass is 440 g/mol. The summed E-state index contributed by atoms with van der Waals surface area (Å²) in [7, 11) is 1.54. The maximum atomic E-state index is 13.0. The normalized spacial score (nSPS) is 20.5. The van der Waals surface area contributed by atoms with Gasteiger partial charge in [-0.25, -0.2) is 0 Å². The lowest BCUT2D eigenvalue weighted by molar-refractivity contribution is -0.151. The Balaban J connectivity index is 1.70. The number of aliphatic carboxylic acids is 1. The summed E-state index contributed by atoms with van der Waals surface area (Å²) >= 11 is 0. The molecular weight excluding hydrogens is 408 g/mol. The second-order valence-corrected chi connectivity index (χ2v) is 8.76. The molecule has 0 amide bonds. The molecule has 172 valence electrons. The van der Waals surface area contributed by atoms with Crippen LogP contribution in [0.4, 0.5) is 0 Å². The van der Waals surface area contributed by atoms with Gasteiger partial charge in [0.1, 0.15) is 0 Å². The lowest BCUT2D eigenvalue weighted by Gasteiger charge is -2.35. The molecule has 6 heteroatoms. The van der Waals surface area contributed by atoms with Crippen LogP contribution in [-0.4, -0.2) is 42.3 Å². The van der Waals surface area contributed by atoms with Crippen molar-refractivity contribution in [1.29, 1.82) is 0 Å². The highest BCUT2D eigenvalue weighted by atomic mass is 16.5. The van der Waals surface area contributed by atoms with E-state index in [9.17, 15) is 19.8 Å². The van der Waals surface area contributed by atoms with E-state index in [0.29, 0.717) is 49.4 Å².